The zero-order valence-corrected chi connectivity index (χ0v) is 17.5. The molecule has 1 saturated heterocycles. The van der Waals surface area contributed by atoms with E-state index < -0.39 is 20.9 Å². The molecular weight excluding hydrogens is 399 g/mol. The largest absolute Gasteiger partial charge is 0.511 e. The molecule has 1 aliphatic rings. The lowest BCUT2D eigenvalue weighted by Gasteiger charge is -2.31. The summed E-state index contributed by atoms with van der Waals surface area (Å²) in [6.07, 6.45) is 0.669. The van der Waals surface area contributed by atoms with Crippen LogP contribution in [0.5, 0.6) is 0 Å². The van der Waals surface area contributed by atoms with Gasteiger partial charge in [0, 0.05) is 45.2 Å². The van der Waals surface area contributed by atoms with Gasteiger partial charge in [0.05, 0.1) is 0 Å². The van der Waals surface area contributed by atoms with Crippen LogP contribution in [0.15, 0.2) is 4.99 Å². The van der Waals surface area contributed by atoms with Gasteiger partial charge in [0.25, 0.3) is 0 Å². The highest BCUT2D eigenvalue weighted by Gasteiger charge is 2.50. The van der Waals surface area contributed by atoms with E-state index in [0.717, 1.165) is 0 Å². The van der Waals surface area contributed by atoms with Gasteiger partial charge in [0.15, 0.2) is 5.96 Å². The lowest BCUT2D eigenvalue weighted by molar-refractivity contribution is -0.128. The first-order chi connectivity index (χ1) is 12.8. The van der Waals surface area contributed by atoms with Crippen molar-refractivity contribution in [3.63, 3.8) is 0 Å². The number of hydrogen-bond acceptors (Lipinski definition) is 4. The van der Waals surface area contributed by atoms with Crippen LogP contribution in [0.3, 0.4) is 0 Å². The molecule has 0 aromatic rings. The molecule has 0 saturated carbocycles. The number of piperidine rings is 1. The number of hydrogen-bond donors (Lipinski definition) is 3. The van der Waals surface area contributed by atoms with E-state index in [1.165, 1.54) is 0 Å². The molecule has 1 heterocycles. The third kappa shape index (κ3) is 7.12. The number of guanidine groups is 1. The standard InChI is InChI=1S/C16H30F3N5O3S/c1-15(2,3)13(25)21-7-8-22-14(20-4)23-11-12-5-9-24(10-6-12)28(26,27)16(17,18)19/h12H,5-11H2,1-4H3,(H,21,25)(H2,20,22,23). The minimum atomic E-state index is -5.26. The number of carbonyl (C=O) groups is 1. The summed E-state index contributed by atoms with van der Waals surface area (Å²) >= 11 is 0. The number of alkyl halides is 3. The van der Waals surface area contributed by atoms with E-state index in [0.29, 0.717) is 42.7 Å². The Kier molecular flexibility index (Phi) is 8.54. The Hall–Kier alpha value is -1.56. The summed E-state index contributed by atoms with van der Waals surface area (Å²) in [4.78, 5) is 15.8. The summed E-state index contributed by atoms with van der Waals surface area (Å²) < 4.78 is 61.1. The summed E-state index contributed by atoms with van der Waals surface area (Å²) in [7, 11) is -3.66. The molecule has 0 aromatic heterocycles. The first kappa shape index (κ1) is 24.5. The number of carbonyl (C=O) groups excluding carboxylic acids is 1. The van der Waals surface area contributed by atoms with Gasteiger partial charge in [0.1, 0.15) is 0 Å². The van der Waals surface area contributed by atoms with Gasteiger partial charge in [-0.1, -0.05) is 20.8 Å². The van der Waals surface area contributed by atoms with Crippen molar-refractivity contribution in [1.29, 1.82) is 0 Å². The Labute approximate surface area is 164 Å². The molecule has 0 aliphatic carbocycles. The van der Waals surface area contributed by atoms with Gasteiger partial charge in [0.2, 0.25) is 5.91 Å². The van der Waals surface area contributed by atoms with Crippen LogP contribution in [-0.2, 0) is 14.8 Å². The van der Waals surface area contributed by atoms with Crippen molar-refractivity contribution in [2.24, 2.45) is 16.3 Å². The number of halogens is 3. The second-order valence-electron chi connectivity index (χ2n) is 7.68. The van der Waals surface area contributed by atoms with Crippen LogP contribution in [0.2, 0.25) is 0 Å². The van der Waals surface area contributed by atoms with Crippen LogP contribution in [0, 0.1) is 11.3 Å². The van der Waals surface area contributed by atoms with Crippen molar-refractivity contribution in [2.45, 2.75) is 39.1 Å². The lowest BCUT2D eigenvalue weighted by atomic mass is 9.96. The zero-order valence-electron chi connectivity index (χ0n) is 16.7. The third-order valence-electron chi connectivity index (χ3n) is 4.37. The average Bonchev–Trinajstić information content (AvgIpc) is 2.59. The van der Waals surface area contributed by atoms with Crippen LogP contribution in [0.1, 0.15) is 33.6 Å². The van der Waals surface area contributed by atoms with Crippen molar-refractivity contribution in [3.8, 4) is 0 Å². The van der Waals surface area contributed by atoms with Crippen LogP contribution >= 0.6 is 0 Å². The predicted molar refractivity (Wildman–Crippen MR) is 101 cm³/mol. The first-order valence-corrected chi connectivity index (χ1v) is 10.5. The van der Waals surface area contributed by atoms with Crippen LogP contribution in [0.4, 0.5) is 13.2 Å². The molecule has 0 radical (unpaired) electrons. The van der Waals surface area contributed by atoms with Crippen LogP contribution in [0.25, 0.3) is 0 Å². The number of nitrogens with zero attached hydrogens (tertiary/aromatic N) is 2. The summed E-state index contributed by atoms with van der Waals surface area (Å²) in [5.74, 6) is 0.493. The van der Waals surface area contributed by atoms with Crippen molar-refractivity contribution >= 4 is 21.9 Å². The molecule has 0 aromatic carbocycles. The van der Waals surface area contributed by atoms with Gasteiger partial charge >= 0.3 is 15.5 Å². The molecule has 0 atom stereocenters. The quantitative estimate of drug-likeness (QED) is 0.330. The van der Waals surface area contributed by atoms with Crippen molar-refractivity contribution in [1.82, 2.24) is 20.3 Å². The molecule has 1 aliphatic heterocycles. The second-order valence-corrected chi connectivity index (χ2v) is 9.61. The van der Waals surface area contributed by atoms with E-state index in [9.17, 15) is 26.4 Å². The van der Waals surface area contributed by atoms with Crippen molar-refractivity contribution in [3.05, 3.63) is 0 Å². The minimum absolute atomic E-state index is 0.0406. The van der Waals surface area contributed by atoms with E-state index >= 15 is 0 Å². The van der Waals surface area contributed by atoms with Gasteiger partial charge in [-0.05, 0) is 18.8 Å². The molecule has 3 N–H and O–H groups in total. The Morgan fingerprint density at radius 2 is 1.61 bits per heavy atom. The molecule has 164 valence electrons. The molecule has 0 spiro atoms. The smallest absolute Gasteiger partial charge is 0.356 e. The zero-order chi connectivity index (χ0) is 21.6. The summed E-state index contributed by atoms with van der Waals surface area (Å²) in [5.41, 5.74) is -5.72. The molecule has 8 nitrogen and oxygen atoms in total. The molecule has 12 heteroatoms. The number of sulfonamides is 1. The Morgan fingerprint density at radius 1 is 1.07 bits per heavy atom. The molecule has 28 heavy (non-hydrogen) atoms. The van der Waals surface area contributed by atoms with Gasteiger partial charge in [-0.25, -0.2) is 8.42 Å². The van der Waals surface area contributed by atoms with Gasteiger partial charge < -0.3 is 16.0 Å². The molecule has 1 amide bonds. The van der Waals surface area contributed by atoms with E-state index in [1.54, 1.807) is 7.05 Å². The highest BCUT2D eigenvalue weighted by molar-refractivity contribution is 7.90. The van der Waals surface area contributed by atoms with E-state index in [1.807, 2.05) is 20.8 Å². The first-order valence-electron chi connectivity index (χ1n) is 9.08. The summed E-state index contributed by atoms with van der Waals surface area (Å²) in [6.45, 7) is 6.50. The molecule has 0 bridgehead atoms. The van der Waals surface area contributed by atoms with Gasteiger partial charge in [-0.2, -0.15) is 17.5 Å². The number of amides is 1. The topological polar surface area (TPSA) is 103 Å². The number of nitrogens with one attached hydrogen (secondary N) is 3. The third-order valence-corrected chi connectivity index (χ3v) is 6.00. The summed E-state index contributed by atoms with van der Waals surface area (Å²) in [6, 6.07) is 0. The van der Waals surface area contributed by atoms with Crippen molar-refractivity contribution < 1.29 is 26.4 Å². The average molecular weight is 430 g/mol. The highest BCUT2D eigenvalue weighted by Crippen LogP contribution is 2.30. The minimum Gasteiger partial charge on any atom is -0.356 e. The number of rotatable bonds is 6. The fourth-order valence-electron chi connectivity index (χ4n) is 2.58. The molecular formula is C16H30F3N5O3S. The van der Waals surface area contributed by atoms with E-state index in [2.05, 4.69) is 20.9 Å². The van der Waals surface area contributed by atoms with Gasteiger partial charge in [-0.3, -0.25) is 9.79 Å². The molecule has 1 fully saturated rings. The maximum absolute atomic E-state index is 12.6. The fourth-order valence-corrected chi connectivity index (χ4v) is 3.57. The molecule has 0 unspecified atom stereocenters. The van der Waals surface area contributed by atoms with Crippen molar-refractivity contribution in [2.75, 3.05) is 39.8 Å². The van der Waals surface area contributed by atoms with Crippen LogP contribution in [-0.4, -0.2) is 69.9 Å². The maximum Gasteiger partial charge on any atom is 0.511 e. The SMILES string of the molecule is CN=C(NCCNC(=O)C(C)(C)C)NCC1CCN(S(=O)(=O)C(F)(F)F)CC1. The Morgan fingerprint density at radius 3 is 2.07 bits per heavy atom. The number of aliphatic imine (C=N–C) groups is 1. The highest BCUT2D eigenvalue weighted by atomic mass is 32.2. The Bertz CT molecular complexity index is 651. The van der Waals surface area contributed by atoms with E-state index in [-0.39, 0.29) is 24.9 Å². The maximum atomic E-state index is 12.6. The summed E-state index contributed by atoms with van der Waals surface area (Å²) in [5, 5.41) is 8.92. The normalized spacial score (nSPS) is 18.0. The lowest BCUT2D eigenvalue weighted by Crippen LogP contribution is -2.48. The second kappa shape index (κ2) is 9.77. The van der Waals surface area contributed by atoms with E-state index in [4.69, 9.17) is 0 Å². The molecule has 1 rings (SSSR count). The van der Waals surface area contributed by atoms with Crippen LogP contribution < -0.4 is 16.0 Å². The van der Waals surface area contributed by atoms with Gasteiger partial charge in [-0.15, -0.1) is 0 Å². The fraction of sp³-hybridized carbons (Fsp3) is 0.875. The predicted octanol–water partition coefficient (Wildman–Crippen LogP) is 0.875. The monoisotopic (exact) mass is 429 g/mol. The Balaban J connectivity index is 2.34.